The fraction of sp³-hybridized carbons (Fsp3) is 0.286. The van der Waals surface area contributed by atoms with Gasteiger partial charge in [-0.1, -0.05) is 24.3 Å². The van der Waals surface area contributed by atoms with Crippen LogP contribution >= 0.6 is 0 Å². The zero-order chi connectivity index (χ0) is 26.3. The molecule has 3 aromatic heterocycles. The highest BCUT2D eigenvalue weighted by Gasteiger charge is 2.33. The second-order valence-corrected chi connectivity index (χ2v) is 10.0. The van der Waals surface area contributed by atoms with E-state index < -0.39 is 5.60 Å². The second kappa shape index (κ2) is 9.62. The van der Waals surface area contributed by atoms with Crippen LogP contribution in [-0.2, 0) is 20.1 Å². The van der Waals surface area contributed by atoms with E-state index in [2.05, 4.69) is 20.1 Å². The molecule has 0 unspecified atom stereocenters. The van der Waals surface area contributed by atoms with Crippen molar-refractivity contribution in [3.8, 4) is 16.8 Å². The van der Waals surface area contributed by atoms with Crippen molar-refractivity contribution >= 4 is 11.0 Å². The molecule has 4 heterocycles. The SMILES string of the molecule is Cn1cc(-c2ccc(-n3ncc4c(=O)n(CC5(O)CCN(Cc6ccc(F)cc6)CC5)cnc43)cc2)cn1. The highest BCUT2D eigenvalue weighted by Crippen LogP contribution is 2.26. The fourth-order valence-electron chi connectivity index (χ4n) is 5.07. The summed E-state index contributed by atoms with van der Waals surface area (Å²) in [6.45, 7) is 2.24. The monoisotopic (exact) mass is 513 g/mol. The molecule has 0 amide bonds. The summed E-state index contributed by atoms with van der Waals surface area (Å²) < 4.78 is 18.1. The van der Waals surface area contributed by atoms with E-state index in [-0.39, 0.29) is 17.9 Å². The van der Waals surface area contributed by atoms with Gasteiger partial charge in [-0.3, -0.25) is 18.9 Å². The number of hydrogen-bond donors (Lipinski definition) is 1. The minimum Gasteiger partial charge on any atom is -0.388 e. The van der Waals surface area contributed by atoms with Gasteiger partial charge < -0.3 is 5.11 Å². The van der Waals surface area contributed by atoms with Crippen molar-refractivity contribution < 1.29 is 9.50 Å². The number of aliphatic hydroxyl groups is 1. The normalized spacial score (nSPS) is 15.8. The third-order valence-corrected chi connectivity index (χ3v) is 7.28. The van der Waals surface area contributed by atoms with Gasteiger partial charge in [0.25, 0.3) is 5.56 Å². The lowest BCUT2D eigenvalue weighted by molar-refractivity contribution is -0.0364. The third-order valence-electron chi connectivity index (χ3n) is 7.28. The largest absolute Gasteiger partial charge is 0.388 e. The zero-order valence-corrected chi connectivity index (χ0v) is 21.0. The van der Waals surface area contributed by atoms with Crippen LogP contribution < -0.4 is 5.56 Å². The summed E-state index contributed by atoms with van der Waals surface area (Å²) in [7, 11) is 1.88. The summed E-state index contributed by atoms with van der Waals surface area (Å²) in [5, 5.41) is 20.3. The maximum Gasteiger partial charge on any atom is 0.264 e. The molecule has 6 rings (SSSR count). The molecule has 1 aliphatic rings. The number of benzene rings is 2. The molecule has 0 aliphatic carbocycles. The molecule has 0 spiro atoms. The Hall–Kier alpha value is -4.15. The number of likely N-dealkylation sites (tertiary alicyclic amines) is 1. The van der Waals surface area contributed by atoms with E-state index in [0.717, 1.165) is 22.4 Å². The van der Waals surface area contributed by atoms with E-state index >= 15 is 0 Å². The Morgan fingerprint density at radius 3 is 2.39 bits per heavy atom. The summed E-state index contributed by atoms with van der Waals surface area (Å²) in [4.78, 5) is 20.0. The smallest absolute Gasteiger partial charge is 0.264 e. The molecule has 1 aliphatic heterocycles. The Bertz CT molecular complexity index is 1630. The third kappa shape index (κ3) is 4.75. The van der Waals surface area contributed by atoms with E-state index in [1.54, 1.807) is 21.5 Å². The molecule has 10 heteroatoms. The van der Waals surface area contributed by atoms with Crippen LogP contribution in [0.2, 0.25) is 0 Å². The van der Waals surface area contributed by atoms with Gasteiger partial charge in [0.05, 0.1) is 30.2 Å². The summed E-state index contributed by atoms with van der Waals surface area (Å²) in [5.74, 6) is -0.248. The quantitative estimate of drug-likeness (QED) is 0.375. The van der Waals surface area contributed by atoms with Crippen molar-refractivity contribution in [2.45, 2.75) is 31.5 Å². The Morgan fingerprint density at radius 1 is 0.974 bits per heavy atom. The highest BCUT2D eigenvalue weighted by atomic mass is 19.1. The van der Waals surface area contributed by atoms with Crippen molar-refractivity contribution in [1.82, 2.24) is 34.0 Å². The Balaban J connectivity index is 1.16. The molecule has 0 atom stereocenters. The van der Waals surface area contributed by atoms with Crippen LogP contribution in [0.25, 0.3) is 27.8 Å². The Labute approximate surface area is 218 Å². The first-order chi connectivity index (χ1) is 18.4. The second-order valence-electron chi connectivity index (χ2n) is 10.0. The van der Waals surface area contributed by atoms with E-state index in [9.17, 15) is 14.3 Å². The fourth-order valence-corrected chi connectivity index (χ4v) is 5.07. The van der Waals surface area contributed by atoms with Gasteiger partial charge in [0, 0.05) is 38.4 Å². The number of nitrogens with zero attached hydrogens (tertiary/aromatic N) is 7. The van der Waals surface area contributed by atoms with Crippen LogP contribution in [0.4, 0.5) is 4.39 Å². The minimum absolute atomic E-state index is 0.171. The Kier molecular flexibility index (Phi) is 6.13. The number of aryl methyl sites for hydroxylation is 1. The number of fused-ring (bicyclic) bond motifs is 1. The number of piperidine rings is 1. The first-order valence-corrected chi connectivity index (χ1v) is 12.6. The van der Waals surface area contributed by atoms with Crippen LogP contribution in [0.3, 0.4) is 0 Å². The lowest BCUT2D eigenvalue weighted by atomic mass is 9.91. The van der Waals surface area contributed by atoms with Crippen molar-refractivity contribution in [3.63, 3.8) is 0 Å². The van der Waals surface area contributed by atoms with Gasteiger partial charge in [-0.2, -0.15) is 10.2 Å². The summed E-state index contributed by atoms with van der Waals surface area (Å²) >= 11 is 0. The van der Waals surface area contributed by atoms with Crippen LogP contribution in [0.1, 0.15) is 18.4 Å². The average molecular weight is 514 g/mol. The lowest BCUT2D eigenvalue weighted by Gasteiger charge is -2.38. The van der Waals surface area contributed by atoms with Gasteiger partial charge in [-0.05, 0) is 48.2 Å². The van der Waals surface area contributed by atoms with Crippen LogP contribution in [0, 0.1) is 5.82 Å². The van der Waals surface area contributed by atoms with Gasteiger partial charge in [0.15, 0.2) is 5.65 Å². The number of halogens is 1. The first-order valence-electron chi connectivity index (χ1n) is 12.6. The molecule has 0 radical (unpaired) electrons. The summed E-state index contributed by atoms with van der Waals surface area (Å²) in [6.07, 6.45) is 7.85. The van der Waals surface area contributed by atoms with E-state index in [1.165, 1.54) is 29.2 Å². The van der Waals surface area contributed by atoms with Gasteiger partial charge in [0.2, 0.25) is 0 Å². The molecule has 38 heavy (non-hydrogen) atoms. The number of rotatable bonds is 6. The molecule has 1 saturated heterocycles. The molecule has 0 saturated carbocycles. The summed E-state index contributed by atoms with van der Waals surface area (Å²) in [6, 6.07) is 14.3. The van der Waals surface area contributed by atoms with Gasteiger partial charge >= 0.3 is 0 Å². The molecule has 0 bridgehead atoms. The maximum absolute atomic E-state index is 13.3. The minimum atomic E-state index is -1.00. The van der Waals surface area contributed by atoms with Crippen LogP contribution in [-0.4, -0.2) is 57.8 Å². The topological polar surface area (TPSA) is 94.0 Å². The molecule has 2 aromatic carbocycles. The van der Waals surface area contributed by atoms with Crippen LogP contribution in [0.5, 0.6) is 0 Å². The van der Waals surface area contributed by atoms with E-state index in [4.69, 9.17) is 0 Å². The van der Waals surface area contributed by atoms with Gasteiger partial charge in [-0.25, -0.2) is 14.1 Å². The lowest BCUT2D eigenvalue weighted by Crippen LogP contribution is -2.47. The van der Waals surface area contributed by atoms with Crippen molar-refractivity contribution in [1.29, 1.82) is 0 Å². The molecule has 1 fully saturated rings. The average Bonchev–Trinajstić information content (AvgIpc) is 3.56. The molecular weight excluding hydrogens is 485 g/mol. The van der Waals surface area contributed by atoms with Crippen LogP contribution in [0.15, 0.2) is 78.2 Å². The van der Waals surface area contributed by atoms with E-state index in [0.29, 0.717) is 43.5 Å². The standard InChI is InChI=1S/C28H28FN7O2/c1-33-17-22(14-31-33)21-4-8-24(9-5-21)36-26-25(15-32-36)27(37)35(19-30-26)18-28(38)10-12-34(13-11-28)16-20-2-6-23(29)7-3-20/h2-9,14-15,17,19,38H,10-13,16,18H2,1H3. The van der Waals surface area contributed by atoms with Crippen molar-refractivity contribution in [2.24, 2.45) is 7.05 Å². The highest BCUT2D eigenvalue weighted by molar-refractivity contribution is 5.75. The summed E-state index contributed by atoms with van der Waals surface area (Å²) in [5.41, 5.74) is 3.12. The molecule has 1 N–H and O–H groups in total. The molecule has 194 valence electrons. The number of aromatic nitrogens is 6. The number of hydrogen-bond acceptors (Lipinski definition) is 6. The van der Waals surface area contributed by atoms with Gasteiger partial charge in [0.1, 0.15) is 17.5 Å². The van der Waals surface area contributed by atoms with Gasteiger partial charge in [-0.15, -0.1) is 0 Å². The molecule has 5 aromatic rings. The maximum atomic E-state index is 13.3. The van der Waals surface area contributed by atoms with E-state index in [1.807, 2.05) is 43.7 Å². The van der Waals surface area contributed by atoms with Crippen molar-refractivity contribution in [2.75, 3.05) is 13.1 Å². The predicted octanol–water partition coefficient (Wildman–Crippen LogP) is 3.15. The zero-order valence-electron chi connectivity index (χ0n) is 21.0. The predicted molar refractivity (Wildman–Crippen MR) is 141 cm³/mol. The molecular formula is C28H28FN7O2. The Morgan fingerprint density at radius 2 is 1.71 bits per heavy atom. The van der Waals surface area contributed by atoms with Crippen molar-refractivity contribution in [3.05, 3.63) is 95.2 Å². The first kappa shape index (κ1) is 24.2. The molecule has 9 nitrogen and oxygen atoms in total.